The average molecular weight is 340 g/mol. The number of hydrogen-bond donors (Lipinski definition) is 1. The minimum absolute atomic E-state index is 0.279. The molecule has 0 aromatic carbocycles. The molecule has 0 amide bonds. The van der Waals surface area contributed by atoms with Gasteiger partial charge in [-0.15, -0.1) is 0 Å². The van der Waals surface area contributed by atoms with Gasteiger partial charge in [-0.2, -0.15) is 0 Å². The molecular formula is C16H26BrN3. The Labute approximate surface area is 131 Å². The molecule has 1 atom stereocenters. The second-order valence-electron chi connectivity index (χ2n) is 5.80. The van der Waals surface area contributed by atoms with Gasteiger partial charge < -0.3 is 5.32 Å². The molecule has 0 aliphatic carbocycles. The van der Waals surface area contributed by atoms with Crippen LogP contribution in [-0.4, -0.2) is 34.6 Å². The highest BCUT2D eigenvalue weighted by atomic mass is 79.9. The van der Waals surface area contributed by atoms with Crippen molar-refractivity contribution in [2.24, 2.45) is 0 Å². The van der Waals surface area contributed by atoms with E-state index in [9.17, 15) is 0 Å². The molecular weight excluding hydrogens is 314 g/mol. The number of halogens is 1. The summed E-state index contributed by atoms with van der Waals surface area (Å²) in [6.45, 7) is 10.0. The van der Waals surface area contributed by atoms with Gasteiger partial charge >= 0.3 is 0 Å². The van der Waals surface area contributed by atoms with Gasteiger partial charge in [-0.05, 0) is 47.3 Å². The molecule has 1 saturated heterocycles. The van der Waals surface area contributed by atoms with E-state index in [-0.39, 0.29) is 5.54 Å². The number of pyridine rings is 1. The molecule has 2 heterocycles. The summed E-state index contributed by atoms with van der Waals surface area (Å²) in [5.74, 6) is 0. The van der Waals surface area contributed by atoms with Crippen LogP contribution in [0.5, 0.6) is 0 Å². The summed E-state index contributed by atoms with van der Waals surface area (Å²) in [5.41, 5.74) is 1.44. The number of aromatic nitrogens is 1. The third-order valence-electron chi connectivity index (χ3n) is 4.71. The predicted molar refractivity (Wildman–Crippen MR) is 87.7 cm³/mol. The van der Waals surface area contributed by atoms with E-state index in [2.05, 4.69) is 64.0 Å². The Hall–Kier alpha value is -0.450. The number of piperazine rings is 1. The molecule has 1 fully saturated rings. The number of rotatable bonds is 5. The topological polar surface area (TPSA) is 28.2 Å². The Morgan fingerprint density at radius 1 is 1.35 bits per heavy atom. The minimum Gasteiger partial charge on any atom is -0.308 e. The van der Waals surface area contributed by atoms with Crippen LogP contribution in [0.25, 0.3) is 0 Å². The normalized spacial score (nSPS) is 22.9. The lowest BCUT2D eigenvalue weighted by molar-refractivity contribution is 0.0633. The van der Waals surface area contributed by atoms with E-state index in [0.29, 0.717) is 6.04 Å². The van der Waals surface area contributed by atoms with Crippen molar-refractivity contribution in [3.63, 3.8) is 0 Å². The van der Waals surface area contributed by atoms with Crippen molar-refractivity contribution in [3.05, 3.63) is 28.5 Å². The van der Waals surface area contributed by atoms with Crippen LogP contribution >= 0.6 is 15.9 Å². The van der Waals surface area contributed by atoms with Crippen molar-refractivity contribution in [2.75, 3.05) is 13.1 Å². The van der Waals surface area contributed by atoms with Gasteiger partial charge in [0.2, 0.25) is 0 Å². The molecule has 1 aromatic heterocycles. The van der Waals surface area contributed by atoms with Crippen LogP contribution in [0.1, 0.15) is 45.7 Å². The van der Waals surface area contributed by atoms with Gasteiger partial charge in [0.05, 0.1) is 5.69 Å². The van der Waals surface area contributed by atoms with Crippen LogP contribution in [0.4, 0.5) is 0 Å². The zero-order chi connectivity index (χ0) is 14.6. The highest BCUT2D eigenvalue weighted by Gasteiger charge is 2.35. The molecule has 0 spiro atoms. The predicted octanol–water partition coefficient (Wildman–Crippen LogP) is 3.59. The highest BCUT2D eigenvalue weighted by molar-refractivity contribution is 9.10. The summed E-state index contributed by atoms with van der Waals surface area (Å²) in [6.07, 6.45) is 5.45. The summed E-state index contributed by atoms with van der Waals surface area (Å²) in [6, 6.07) is 4.82. The summed E-state index contributed by atoms with van der Waals surface area (Å²) in [4.78, 5) is 7.14. The maximum Gasteiger partial charge on any atom is 0.0544 e. The number of nitrogens with one attached hydrogen (secondary N) is 1. The molecule has 1 aliphatic rings. The van der Waals surface area contributed by atoms with E-state index in [0.717, 1.165) is 29.8 Å². The molecule has 2 rings (SSSR count). The van der Waals surface area contributed by atoms with E-state index in [1.54, 1.807) is 0 Å². The molecule has 1 aliphatic heterocycles. The van der Waals surface area contributed by atoms with Gasteiger partial charge in [0.1, 0.15) is 0 Å². The van der Waals surface area contributed by atoms with Gasteiger partial charge in [0.25, 0.3) is 0 Å². The van der Waals surface area contributed by atoms with Crippen LogP contribution in [0.15, 0.2) is 22.8 Å². The average Bonchev–Trinajstić information content (AvgIpc) is 2.49. The maximum absolute atomic E-state index is 4.53. The third-order valence-corrected chi connectivity index (χ3v) is 5.18. The lowest BCUT2D eigenvalue weighted by atomic mass is 9.88. The quantitative estimate of drug-likeness (QED) is 0.888. The van der Waals surface area contributed by atoms with Gasteiger partial charge in [0.15, 0.2) is 0 Å². The second kappa shape index (κ2) is 7.01. The fraction of sp³-hybridized carbons (Fsp3) is 0.688. The molecule has 112 valence electrons. The van der Waals surface area contributed by atoms with Crippen molar-refractivity contribution in [2.45, 2.75) is 58.2 Å². The van der Waals surface area contributed by atoms with Crippen LogP contribution in [0.2, 0.25) is 0 Å². The van der Waals surface area contributed by atoms with E-state index >= 15 is 0 Å². The molecule has 0 bridgehead atoms. The van der Waals surface area contributed by atoms with Gasteiger partial charge in [-0.1, -0.05) is 20.8 Å². The SMILES string of the molecule is CCC1CNC(CC)(CC)CN1Cc1ccc(Br)cn1. The largest absolute Gasteiger partial charge is 0.308 e. The van der Waals surface area contributed by atoms with Crippen molar-refractivity contribution in [1.82, 2.24) is 15.2 Å². The van der Waals surface area contributed by atoms with E-state index < -0.39 is 0 Å². The third kappa shape index (κ3) is 3.60. The van der Waals surface area contributed by atoms with Crippen molar-refractivity contribution < 1.29 is 0 Å². The fourth-order valence-electron chi connectivity index (χ4n) is 3.06. The number of hydrogen-bond acceptors (Lipinski definition) is 3. The molecule has 4 heteroatoms. The zero-order valence-electron chi connectivity index (χ0n) is 12.8. The van der Waals surface area contributed by atoms with Crippen LogP contribution in [0, 0.1) is 0 Å². The molecule has 0 radical (unpaired) electrons. The Balaban J connectivity index is 2.10. The summed E-state index contributed by atoms with van der Waals surface area (Å²) >= 11 is 3.45. The molecule has 1 N–H and O–H groups in total. The lowest BCUT2D eigenvalue weighted by Crippen LogP contribution is -2.63. The maximum atomic E-state index is 4.53. The Morgan fingerprint density at radius 3 is 2.65 bits per heavy atom. The summed E-state index contributed by atoms with van der Waals surface area (Å²) in [7, 11) is 0. The molecule has 0 saturated carbocycles. The summed E-state index contributed by atoms with van der Waals surface area (Å²) in [5, 5.41) is 3.79. The molecule has 1 unspecified atom stereocenters. The van der Waals surface area contributed by atoms with Gasteiger partial charge in [0, 0.05) is 41.9 Å². The Kier molecular flexibility index (Phi) is 5.58. The zero-order valence-corrected chi connectivity index (χ0v) is 14.4. The first-order valence-corrected chi connectivity index (χ1v) is 8.51. The Morgan fingerprint density at radius 2 is 2.10 bits per heavy atom. The van der Waals surface area contributed by atoms with Gasteiger partial charge in [-0.3, -0.25) is 9.88 Å². The highest BCUT2D eigenvalue weighted by Crippen LogP contribution is 2.25. The Bertz CT molecular complexity index is 414. The van der Waals surface area contributed by atoms with E-state index in [4.69, 9.17) is 0 Å². The van der Waals surface area contributed by atoms with Crippen LogP contribution in [-0.2, 0) is 6.54 Å². The second-order valence-corrected chi connectivity index (χ2v) is 6.72. The first-order chi connectivity index (χ1) is 9.62. The lowest BCUT2D eigenvalue weighted by Gasteiger charge is -2.47. The summed E-state index contributed by atoms with van der Waals surface area (Å²) < 4.78 is 1.05. The molecule has 3 nitrogen and oxygen atoms in total. The van der Waals surface area contributed by atoms with Crippen molar-refractivity contribution >= 4 is 15.9 Å². The van der Waals surface area contributed by atoms with Crippen molar-refractivity contribution in [1.29, 1.82) is 0 Å². The van der Waals surface area contributed by atoms with Crippen LogP contribution in [0.3, 0.4) is 0 Å². The minimum atomic E-state index is 0.279. The first-order valence-electron chi connectivity index (χ1n) is 7.72. The molecule has 1 aromatic rings. The number of nitrogens with zero attached hydrogens (tertiary/aromatic N) is 2. The van der Waals surface area contributed by atoms with Crippen molar-refractivity contribution in [3.8, 4) is 0 Å². The fourth-order valence-corrected chi connectivity index (χ4v) is 3.29. The van der Waals surface area contributed by atoms with E-state index in [1.807, 2.05) is 6.20 Å². The molecule has 20 heavy (non-hydrogen) atoms. The smallest absolute Gasteiger partial charge is 0.0544 e. The first kappa shape index (κ1) is 15.9. The standard InChI is InChI=1S/C16H26BrN3/c1-4-15-10-19-16(5-2,6-3)12-20(15)11-14-8-7-13(17)9-18-14/h7-9,15,19H,4-6,10-12H2,1-3H3. The van der Waals surface area contributed by atoms with E-state index in [1.165, 1.54) is 19.3 Å². The van der Waals surface area contributed by atoms with Crippen LogP contribution < -0.4 is 5.32 Å². The van der Waals surface area contributed by atoms with Gasteiger partial charge in [-0.25, -0.2) is 0 Å². The monoisotopic (exact) mass is 339 g/mol.